The first-order chi connectivity index (χ1) is 7.73. The largest absolute Gasteiger partial charge is 1.00 e. The first-order valence-electron chi connectivity index (χ1n) is 5.81. The van der Waals surface area contributed by atoms with Gasteiger partial charge < -0.3 is 25.2 Å². The van der Waals surface area contributed by atoms with Crippen molar-refractivity contribution >= 4 is 11.9 Å². The molecule has 0 spiro atoms. The summed E-state index contributed by atoms with van der Waals surface area (Å²) in [6, 6.07) is 0. The number of carboxylic acid groups (broad SMARTS) is 1. The van der Waals surface area contributed by atoms with Crippen LogP contribution in [-0.2, 0) is 14.3 Å². The van der Waals surface area contributed by atoms with Crippen molar-refractivity contribution in [1.29, 1.82) is 0 Å². The summed E-state index contributed by atoms with van der Waals surface area (Å²) in [5, 5.41) is 18.7. The van der Waals surface area contributed by atoms with Crippen LogP contribution in [-0.4, -0.2) is 34.7 Å². The van der Waals surface area contributed by atoms with Crippen molar-refractivity contribution in [3.63, 3.8) is 0 Å². The minimum Gasteiger partial charge on any atom is -0.870 e. The number of carbonyl (C=O) groups is 2. The first-order valence-corrected chi connectivity index (χ1v) is 5.81. The van der Waals surface area contributed by atoms with E-state index in [9.17, 15) is 14.7 Å². The van der Waals surface area contributed by atoms with E-state index >= 15 is 0 Å². The van der Waals surface area contributed by atoms with Crippen LogP contribution in [0.2, 0.25) is 0 Å². The molecule has 1 saturated heterocycles. The summed E-state index contributed by atoms with van der Waals surface area (Å²) in [6.45, 7) is 7.18. The zero-order chi connectivity index (χ0) is 13.6. The van der Waals surface area contributed by atoms with Gasteiger partial charge in [-0.15, -0.1) is 0 Å². The third kappa shape index (κ3) is 13.8. The Kier molecular flexibility index (Phi) is 21.4. The molecule has 0 aromatic heterocycles. The number of hydrogen-bond donors (Lipinski definition) is 1. The van der Waals surface area contributed by atoms with Gasteiger partial charge in [-0.1, -0.05) is 13.8 Å². The number of esters is 1. The second kappa shape index (κ2) is 14.8. The average molecular weight is 308 g/mol. The minimum absolute atomic E-state index is 0. The maximum Gasteiger partial charge on any atom is 1.00 e. The van der Waals surface area contributed by atoms with Crippen LogP contribution in [0.25, 0.3) is 0 Å². The topological polar surface area (TPSA) is 117 Å². The van der Waals surface area contributed by atoms with Crippen LogP contribution in [0.4, 0.5) is 0 Å². The Hall–Kier alpha value is 0.860. The van der Waals surface area contributed by atoms with Crippen LogP contribution in [0, 0.1) is 11.8 Å². The third-order valence-corrected chi connectivity index (χ3v) is 2.92. The quantitative estimate of drug-likeness (QED) is 0.410. The average Bonchev–Trinajstić information content (AvgIpc) is 2.43. The Bertz CT molecular complexity index is 261. The second-order valence-electron chi connectivity index (χ2n) is 4.67. The number of rotatable bonds is 3. The van der Waals surface area contributed by atoms with Crippen molar-refractivity contribution in [3.05, 3.63) is 0 Å². The molecule has 0 bridgehead atoms. The van der Waals surface area contributed by atoms with Gasteiger partial charge in [-0.05, 0) is 26.2 Å². The number of cyclic esters (lactones) is 1. The van der Waals surface area contributed by atoms with Crippen molar-refractivity contribution < 1.29 is 89.1 Å². The van der Waals surface area contributed by atoms with Crippen LogP contribution in [0.3, 0.4) is 0 Å². The molecule has 20 heavy (non-hydrogen) atoms. The van der Waals surface area contributed by atoms with E-state index in [0.717, 1.165) is 0 Å². The Morgan fingerprint density at radius 3 is 1.95 bits per heavy atom. The molecule has 1 rings (SSSR count). The van der Waals surface area contributed by atoms with Gasteiger partial charge in [0.25, 0.3) is 0 Å². The zero-order valence-corrected chi connectivity index (χ0v) is 17.3. The first kappa shape index (κ1) is 28.9. The molecule has 0 aromatic rings. The predicted molar refractivity (Wildman–Crippen MR) is 61.7 cm³/mol. The van der Waals surface area contributed by atoms with Crippen molar-refractivity contribution in [2.45, 2.75) is 52.7 Å². The molecule has 0 aliphatic carbocycles. The van der Waals surface area contributed by atoms with E-state index in [0.29, 0.717) is 12.3 Å². The van der Waals surface area contributed by atoms with E-state index in [2.05, 4.69) is 0 Å². The number of hydrogen-bond acceptors (Lipinski definition) is 6. The number of aliphatic carboxylic acids is 1. The smallest absolute Gasteiger partial charge is 0.870 e. The van der Waals surface area contributed by atoms with Crippen LogP contribution < -0.4 is 64.2 Å². The number of carbonyl (C=O) groups excluding carboxylic acids is 2. The standard InChI is InChI=1S/C6H12O3.C6H10O2.2Na.H2O/c1-4(5(2)7)3-6(8)9;1-4-3-6(7)8-5(4)2;;;/h4-5,7H,3H2,1-2H3,(H,8,9);4-5H,3H2,1-2H3;;;1H2/q;;2*+1;/p-2. The number of aliphatic hydroxyl groups is 1. The molecule has 4 atom stereocenters. The molecule has 8 heteroatoms. The van der Waals surface area contributed by atoms with E-state index in [-0.39, 0.29) is 89.0 Å². The molecule has 1 heterocycles. The summed E-state index contributed by atoms with van der Waals surface area (Å²) in [7, 11) is 0. The van der Waals surface area contributed by atoms with Gasteiger partial charge in [-0.25, -0.2) is 0 Å². The van der Waals surface area contributed by atoms with Gasteiger partial charge in [0.1, 0.15) is 6.10 Å². The number of aliphatic hydroxyl groups excluding tert-OH is 1. The van der Waals surface area contributed by atoms with Crippen molar-refractivity contribution in [2.24, 2.45) is 11.8 Å². The van der Waals surface area contributed by atoms with E-state index in [1.807, 2.05) is 13.8 Å². The van der Waals surface area contributed by atoms with Gasteiger partial charge in [-0.3, -0.25) is 4.79 Å². The molecule has 0 amide bonds. The molecule has 1 aliphatic rings. The maximum atomic E-state index is 10.4. The van der Waals surface area contributed by atoms with Crippen LogP contribution in [0.5, 0.6) is 0 Å². The molecule has 0 radical (unpaired) electrons. The summed E-state index contributed by atoms with van der Waals surface area (Å²) in [5.74, 6) is -0.953. The second-order valence-corrected chi connectivity index (χ2v) is 4.67. The molecule has 2 N–H and O–H groups in total. The number of carboxylic acids is 1. The van der Waals surface area contributed by atoms with Gasteiger partial charge in [0.05, 0.1) is 12.5 Å². The van der Waals surface area contributed by atoms with Crippen LogP contribution in [0.1, 0.15) is 40.5 Å². The van der Waals surface area contributed by atoms with Gasteiger partial charge in [0.2, 0.25) is 0 Å². The molecule has 6 nitrogen and oxygen atoms in total. The monoisotopic (exact) mass is 308 g/mol. The predicted octanol–water partition coefficient (Wildman–Crippen LogP) is -6.07. The van der Waals surface area contributed by atoms with Crippen LogP contribution in [0.15, 0.2) is 0 Å². The Morgan fingerprint density at radius 1 is 1.40 bits per heavy atom. The van der Waals surface area contributed by atoms with Gasteiger partial charge in [0, 0.05) is 11.9 Å². The van der Waals surface area contributed by atoms with Crippen molar-refractivity contribution in [1.82, 2.24) is 0 Å². The number of ether oxygens (including phenoxy) is 1. The van der Waals surface area contributed by atoms with Gasteiger partial charge in [-0.2, -0.15) is 0 Å². The fraction of sp³-hybridized carbons (Fsp3) is 0.833. The van der Waals surface area contributed by atoms with E-state index in [1.165, 1.54) is 0 Å². The van der Waals surface area contributed by atoms with E-state index < -0.39 is 12.1 Å². The molecule has 108 valence electrons. The molecular weight excluding hydrogens is 286 g/mol. The van der Waals surface area contributed by atoms with Gasteiger partial charge in [0.15, 0.2) is 0 Å². The molecular formula is C12H22Na2O6. The van der Waals surface area contributed by atoms with Crippen molar-refractivity contribution in [3.8, 4) is 0 Å². The zero-order valence-electron chi connectivity index (χ0n) is 13.3. The van der Waals surface area contributed by atoms with Crippen molar-refractivity contribution in [2.75, 3.05) is 0 Å². The van der Waals surface area contributed by atoms with E-state index in [1.54, 1.807) is 13.8 Å². The SMILES string of the molecule is CC(O)C(C)CC(=O)[O-].CC1CC(=O)OC1C.[Na+].[Na+].[OH-]. The summed E-state index contributed by atoms with van der Waals surface area (Å²) in [6.07, 6.45) is 0.101. The Balaban J connectivity index is -0.000000112. The summed E-state index contributed by atoms with van der Waals surface area (Å²) in [5.41, 5.74) is 0. The molecule has 1 aliphatic heterocycles. The summed E-state index contributed by atoms with van der Waals surface area (Å²) >= 11 is 0. The molecule has 0 saturated carbocycles. The molecule has 1 fully saturated rings. The third-order valence-electron chi connectivity index (χ3n) is 2.92. The van der Waals surface area contributed by atoms with Crippen LogP contribution >= 0.6 is 0 Å². The Labute approximate surface area is 164 Å². The summed E-state index contributed by atoms with van der Waals surface area (Å²) < 4.78 is 4.83. The molecule has 4 unspecified atom stereocenters. The fourth-order valence-corrected chi connectivity index (χ4v) is 1.23. The summed E-state index contributed by atoms with van der Waals surface area (Å²) in [4.78, 5) is 20.3. The molecule has 0 aromatic carbocycles. The minimum atomic E-state index is -1.11. The van der Waals surface area contributed by atoms with E-state index in [4.69, 9.17) is 9.84 Å². The normalized spacial score (nSPS) is 22.6. The van der Waals surface area contributed by atoms with Gasteiger partial charge >= 0.3 is 65.1 Å². The fourth-order valence-electron chi connectivity index (χ4n) is 1.23. The maximum absolute atomic E-state index is 10.4. The Morgan fingerprint density at radius 2 is 1.85 bits per heavy atom.